The zero-order valence-electron chi connectivity index (χ0n) is 29.2. The molecule has 12 nitrogen and oxygen atoms in total. The van der Waals surface area contributed by atoms with Crippen molar-refractivity contribution in [2.75, 3.05) is 19.8 Å². The molecule has 2 aromatic carbocycles. The largest absolute Gasteiger partial charge is 1.00 e. The van der Waals surface area contributed by atoms with Crippen LogP contribution in [0.5, 0.6) is 0 Å². The van der Waals surface area contributed by atoms with Crippen molar-refractivity contribution in [3.8, 4) is 6.07 Å². The predicted molar refractivity (Wildman–Crippen MR) is 172 cm³/mol. The maximum Gasteiger partial charge on any atom is 1.00 e. The fourth-order valence-corrected chi connectivity index (χ4v) is 6.62. The molecule has 2 heterocycles. The summed E-state index contributed by atoms with van der Waals surface area (Å²) < 4.78 is 78.4. The third-order valence-electron chi connectivity index (χ3n) is 7.79. The minimum Gasteiger partial charge on any atom is -0.790 e. The van der Waals surface area contributed by atoms with E-state index in [4.69, 9.17) is 19.5 Å². The number of hydrogen-bond acceptors (Lipinski definition) is 12. The van der Waals surface area contributed by atoms with Gasteiger partial charge in [-0.2, -0.15) is 10.4 Å². The Morgan fingerprint density at radius 3 is 2.46 bits per heavy atom. The van der Waals surface area contributed by atoms with Crippen molar-refractivity contribution in [2.24, 2.45) is 5.41 Å². The molecule has 0 amide bonds. The van der Waals surface area contributed by atoms with Gasteiger partial charge in [-0.15, -0.1) is 11.8 Å². The molecule has 3 aromatic rings. The molecular weight excluding hydrogens is 746 g/mol. The Bertz CT molecular complexity index is 1790. The summed E-state index contributed by atoms with van der Waals surface area (Å²) in [5.74, 6) is -3.25. The number of esters is 1. The van der Waals surface area contributed by atoms with Crippen molar-refractivity contribution in [2.45, 2.75) is 56.1 Å². The smallest absolute Gasteiger partial charge is 0.790 e. The zero-order valence-corrected chi connectivity index (χ0v) is 35.0. The number of phosphoric ester groups is 1. The molecule has 0 aliphatic carbocycles. The molecule has 0 radical (unpaired) electrons. The Morgan fingerprint density at radius 2 is 1.87 bits per heavy atom. The van der Waals surface area contributed by atoms with Crippen LogP contribution in [-0.2, 0) is 40.2 Å². The Balaban J connectivity index is 0.00000468. The molecule has 1 aliphatic heterocycles. The normalized spacial score (nSPS) is 18.2. The Morgan fingerprint density at radius 1 is 1.15 bits per heavy atom. The van der Waals surface area contributed by atoms with Crippen LogP contribution in [0.4, 0.5) is 13.2 Å². The second-order valence-corrected chi connectivity index (χ2v) is 14.7. The fraction of sp³-hybridized carbons (Fsp3) is 0.394. The molecule has 52 heavy (non-hydrogen) atoms. The van der Waals surface area contributed by atoms with E-state index in [1.807, 2.05) is 6.07 Å². The molecule has 268 valence electrons. The number of nitrogens with zero attached hydrogens (tertiary/aromatic N) is 4. The van der Waals surface area contributed by atoms with Gasteiger partial charge in [-0.25, -0.2) is 22.8 Å². The van der Waals surface area contributed by atoms with Gasteiger partial charge >= 0.3 is 65.1 Å². The Labute approximate surface area is 348 Å². The monoisotopic (exact) mass is 780 g/mol. The summed E-state index contributed by atoms with van der Waals surface area (Å²) in [4.78, 5) is 39.7. The predicted octanol–water partition coefficient (Wildman–Crippen LogP) is -1.59. The van der Waals surface area contributed by atoms with E-state index in [2.05, 4.69) is 14.6 Å². The number of thioether (sulfide) groups is 1. The number of benzene rings is 2. The van der Waals surface area contributed by atoms with E-state index in [1.54, 1.807) is 25.2 Å². The minimum absolute atomic E-state index is 0. The number of carbonyl (C=O) groups is 1. The van der Waals surface area contributed by atoms with Gasteiger partial charge in [0, 0.05) is 22.4 Å². The summed E-state index contributed by atoms with van der Waals surface area (Å²) in [5.41, 5.74) is -2.89. The first kappa shape index (κ1) is 46.3. The number of nitriles is 1. The molecule has 19 heteroatoms. The van der Waals surface area contributed by atoms with Gasteiger partial charge in [-0.05, 0) is 57.5 Å². The SMILES string of the molecule is C[C@@H](S[C@H]1CO[C@H](C=CC=Cc2ccc(C#N)cc2F)OC1)[C@@](Cn1cncn1)(OC(=O)C(C)(C)CCOP(=O)([O-])[O-])c1ccc(F)cc1F.[Na+].[Na+]. The number of ether oxygens (including phenoxy) is 3. The van der Waals surface area contributed by atoms with Gasteiger partial charge in [0.05, 0.1) is 56.5 Å². The van der Waals surface area contributed by atoms with Crippen LogP contribution in [0.15, 0.2) is 67.3 Å². The van der Waals surface area contributed by atoms with Crippen molar-refractivity contribution in [1.29, 1.82) is 5.26 Å². The van der Waals surface area contributed by atoms with E-state index in [0.29, 0.717) is 11.6 Å². The molecule has 0 unspecified atom stereocenters. The summed E-state index contributed by atoms with van der Waals surface area (Å²) in [6, 6.07) is 8.90. The van der Waals surface area contributed by atoms with Crippen molar-refractivity contribution >= 4 is 31.6 Å². The quantitative estimate of drug-likeness (QED) is 0.0751. The molecular formula is C33H34F3N4Na2O8PS. The minimum atomic E-state index is -5.30. The third kappa shape index (κ3) is 13.2. The number of hydrogen-bond donors (Lipinski definition) is 0. The number of phosphoric acid groups is 1. The average Bonchev–Trinajstić information content (AvgIpc) is 3.56. The van der Waals surface area contributed by atoms with E-state index >= 15 is 4.39 Å². The molecule has 1 saturated heterocycles. The van der Waals surface area contributed by atoms with Crippen LogP contribution in [0, 0.1) is 34.2 Å². The summed E-state index contributed by atoms with van der Waals surface area (Å²) in [5, 5.41) is 11.9. The standard InChI is InChI=1S/C33H36F3N4O8PS.2Na/c1-22(50-26-17-45-30(46-18-26)7-5-4-6-24-9-8-23(16-37)14-28(24)35)33(19-40-21-38-20-39-40,27-11-10-25(34)15-29(27)36)48-31(41)32(2,3)12-13-47-49(42,43)44;;/h4-11,14-15,20-22,26,30H,12-13,17-19H2,1-3H3,(H2,42,43,44);;/q;2*+1/p-2/t22-,26-,30-,33-;;/m1../s1. The molecule has 0 spiro atoms. The van der Waals surface area contributed by atoms with Crippen LogP contribution in [0.3, 0.4) is 0 Å². The summed E-state index contributed by atoms with van der Waals surface area (Å²) in [6.07, 6.45) is 7.99. The number of aromatic nitrogens is 3. The first-order valence-electron chi connectivity index (χ1n) is 15.2. The summed E-state index contributed by atoms with van der Waals surface area (Å²) >= 11 is 1.27. The molecule has 2 atom stereocenters. The average molecular weight is 781 g/mol. The molecule has 0 bridgehead atoms. The number of halogens is 3. The van der Waals surface area contributed by atoms with Crippen molar-refractivity contribution in [1.82, 2.24) is 14.8 Å². The van der Waals surface area contributed by atoms with Gasteiger partial charge in [0.15, 0.2) is 11.9 Å². The van der Waals surface area contributed by atoms with Crippen LogP contribution < -0.4 is 68.9 Å². The van der Waals surface area contributed by atoms with Gasteiger partial charge in [0.1, 0.15) is 30.1 Å². The zero-order chi connectivity index (χ0) is 36.5. The topological polar surface area (TPSA) is 172 Å². The molecule has 4 rings (SSSR count). The second-order valence-electron chi connectivity index (χ2n) is 11.9. The maximum atomic E-state index is 15.7. The van der Waals surface area contributed by atoms with Crippen LogP contribution >= 0.6 is 19.6 Å². The molecule has 1 fully saturated rings. The van der Waals surface area contributed by atoms with E-state index < -0.39 is 60.4 Å². The Kier molecular flexibility index (Phi) is 18.5. The Hall–Kier alpha value is -1.81. The van der Waals surface area contributed by atoms with Crippen molar-refractivity contribution < 1.29 is 110 Å². The van der Waals surface area contributed by atoms with Gasteiger partial charge in [-0.1, -0.05) is 24.3 Å². The van der Waals surface area contributed by atoms with Gasteiger partial charge in [0.2, 0.25) is 0 Å². The molecule has 1 aliphatic rings. The molecule has 1 aromatic heterocycles. The maximum absolute atomic E-state index is 15.7. The van der Waals surface area contributed by atoms with Crippen molar-refractivity contribution in [3.63, 3.8) is 0 Å². The third-order valence-corrected chi connectivity index (χ3v) is 9.73. The summed E-state index contributed by atoms with van der Waals surface area (Å²) in [6.45, 7) is 4.10. The van der Waals surface area contributed by atoms with Crippen LogP contribution in [0.25, 0.3) is 6.08 Å². The molecule has 0 N–H and O–H groups in total. The van der Waals surface area contributed by atoms with E-state index in [0.717, 1.165) is 12.1 Å². The van der Waals surface area contributed by atoms with Gasteiger partial charge in [-0.3, -0.25) is 4.79 Å². The van der Waals surface area contributed by atoms with Gasteiger partial charge < -0.3 is 33.1 Å². The van der Waals surface area contributed by atoms with Crippen LogP contribution in [-0.4, -0.2) is 57.3 Å². The molecule has 0 saturated carbocycles. The second kappa shape index (κ2) is 20.8. The summed E-state index contributed by atoms with van der Waals surface area (Å²) in [7, 11) is -5.30. The van der Waals surface area contributed by atoms with Crippen molar-refractivity contribution in [3.05, 3.63) is 101 Å². The first-order valence-corrected chi connectivity index (χ1v) is 17.6. The van der Waals surface area contributed by atoms with E-state index in [1.165, 1.54) is 67.2 Å². The number of allylic oxidation sites excluding steroid dienone is 2. The fourth-order valence-electron chi connectivity index (χ4n) is 4.94. The number of carbonyl (C=O) groups excluding carboxylic acids is 1. The van der Waals surface area contributed by atoms with Crippen LogP contribution in [0.1, 0.15) is 43.9 Å². The van der Waals surface area contributed by atoms with E-state index in [-0.39, 0.29) is 102 Å². The van der Waals surface area contributed by atoms with E-state index in [9.17, 15) is 27.9 Å². The first-order chi connectivity index (χ1) is 23.6. The number of rotatable bonds is 15. The van der Waals surface area contributed by atoms with Gasteiger partial charge in [0.25, 0.3) is 0 Å². The van der Waals surface area contributed by atoms with Crippen LogP contribution in [0.2, 0.25) is 0 Å².